The third-order valence-corrected chi connectivity index (χ3v) is 6.67. The van der Waals surface area contributed by atoms with Crippen molar-refractivity contribution in [1.29, 1.82) is 0 Å². The maximum atomic E-state index is 12.7. The molecule has 0 saturated carbocycles. The van der Waals surface area contributed by atoms with Crippen LogP contribution >= 0.6 is 0 Å². The Balaban J connectivity index is 2.15. The van der Waals surface area contributed by atoms with Gasteiger partial charge in [-0.25, -0.2) is 13.2 Å². The van der Waals surface area contributed by atoms with E-state index in [-0.39, 0.29) is 28.4 Å². The number of carbonyl (C=O) groups is 2. The Kier molecular flexibility index (Phi) is 7.22. The number of esters is 1. The average Bonchev–Trinajstić information content (AvgIpc) is 3.16. The van der Waals surface area contributed by atoms with E-state index in [0.717, 1.165) is 12.8 Å². The Morgan fingerprint density at radius 1 is 1.04 bits per heavy atom. The van der Waals surface area contributed by atoms with Crippen LogP contribution in [0.5, 0.6) is 0 Å². The number of amides is 1. The topological polar surface area (TPSA) is 84.0 Å². The maximum Gasteiger partial charge on any atom is 0.338 e. The van der Waals surface area contributed by atoms with Crippen molar-refractivity contribution in [3.8, 4) is 0 Å². The van der Waals surface area contributed by atoms with Gasteiger partial charge in [0.25, 0.3) is 5.91 Å². The summed E-state index contributed by atoms with van der Waals surface area (Å²) in [7, 11) is -3.63. The Labute approximate surface area is 167 Å². The van der Waals surface area contributed by atoms with Crippen molar-refractivity contribution in [3.05, 3.63) is 29.8 Å². The van der Waals surface area contributed by atoms with Crippen LogP contribution in [0.15, 0.2) is 29.2 Å². The van der Waals surface area contributed by atoms with Crippen LogP contribution in [-0.2, 0) is 19.6 Å². The minimum Gasteiger partial charge on any atom is -0.449 e. The van der Waals surface area contributed by atoms with Crippen LogP contribution in [0.1, 0.15) is 57.8 Å². The molecular weight excluding hydrogens is 380 g/mol. The van der Waals surface area contributed by atoms with Crippen molar-refractivity contribution in [2.75, 3.05) is 13.1 Å². The summed E-state index contributed by atoms with van der Waals surface area (Å²) in [5.74, 6) is -0.994. The number of benzene rings is 1. The SMILES string of the molecule is CC(C)N(C(=O)[C@@H](C)OC(=O)c1cccc(S(=O)(=O)N2CCCC2)c1)C(C)C. The first kappa shape index (κ1) is 22.4. The molecule has 0 spiro atoms. The summed E-state index contributed by atoms with van der Waals surface area (Å²) in [6.45, 7) is 10.1. The number of carbonyl (C=O) groups excluding carboxylic acids is 2. The first-order valence-electron chi connectivity index (χ1n) is 9.69. The number of sulfonamides is 1. The molecule has 0 radical (unpaired) electrons. The molecule has 1 saturated heterocycles. The van der Waals surface area contributed by atoms with E-state index >= 15 is 0 Å². The summed E-state index contributed by atoms with van der Waals surface area (Å²) in [4.78, 5) is 26.9. The van der Waals surface area contributed by atoms with E-state index in [2.05, 4.69) is 0 Å². The molecule has 0 aromatic heterocycles. The molecule has 8 heteroatoms. The molecule has 1 aliphatic rings. The fourth-order valence-electron chi connectivity index (χ4n) is 3.46. The summed E-state index contributed by atoms with van der Waals surface area (Å²) in [6, 6.07) is 5.74. The zero-order valence-corrected chi connectivity index (χ0v) is 18.0. The zero-order valence-electron chi connectivity index (χ0n) is 17.2. The fourth-order valence-corrected chi connectivity index (χ4v) is 5.02. The number of hydrogen-bond donors (Lipinski definition) is 0. The highest BCUT2D eigenvalue weighted by Gasteiger charge is 2.30. The van der Waals surface area contributed by atoms with Crippen LogP contribution < -0.4 is 0 Å². The minimum atomic E-state index is -3.63. The zero-order chi connectivity index (χ0) is 21.1. The number of hydrogen-bond acceptors (Lipinski definition) is 5. The molecular formula is C20H30N2O5S. The van der Waals surface area contributed by atoms with E-state index in [1.807, 2.05) is 27.7 Å². The second kappa shape index (κ2) is 9.05. The quantitative estimate of drug-likeness (QED) is 0.645. The molecule has 1 fully saturated rings. The molecule has 1 heterocycles. The summed E-state index contributed by atoms with van der Waals surface area (Å²) in [5, 5.41) is 0. The van der Waals surface area contributed by atoms with Crippen LogP contribution in [0.4, 0.5) is 0 Å². The predicted octanol–water partition coefficient (Wildman–Crippen LogP) is 2.66. The van der Waals surface area contributed by atoms with E-state index < -0.39 is 22.1 Å². The Bertz CT molecular complexity index is 806. The second-order valence-electron chi connectivity index (χ2n) is 7.62. The molecule has 1 aliphatic heterocycles. The van der Waals surface area contributed by atoms with Gasteiger partial charge in [0, 0.05) is 25.2 Å². The van der Waals surface area contributed by atoms with Crippen molar-refractivity contribution >= 4 is 21.9 Å². The molecule has 1 aromatic rings. The summed E-state index contributed by atoms with van der Waals surface area (Å²) in [5.41, 5.74) is 0.112. The van der Waals surface area contributed by atoms with Crippen molar-refractivity contribution in [1.82, 2.24) is 9.21 Å². The number of ether oxygens (including phenoxy) is 1. The highest BCUT2D eigenvalue weighted by Crippen LogP contribution is 2.22. The fraction of sp³-hybridized carbons (Fsp3) is 0.600. The first-order valence-corrected chi connectivity index (χ1v) is 11.1. The molecule has 156 valence electrons. The van der Waals surface area contributed by atoms with Crippen LogP contribution in [0.2, 0.25) is 0 Å². The highest BCUT2D eigenvalue weighted by atomic mass is 32.2. The lowest BCUT2D eigenvalue weighted by Crippen LogP contribution is -2.47. The van der Waals surface area contributed by atoms with Gasteiger partial charge in [-0.2, -0.15) is 4.31 Å². The largest absolute Gasteiger partial charge is 0.449 e. The Morgan fingerprint density at radius 2 is 1.61 bits per heavy atom. The van der Waals surface area contributed by atoms with Crippen molar-refractivity contribution in [2.45, 2.75) is 70.5 Å². The molecule has 1 atom stereocenters. The summed E-state index contributed by atoms with van der Waals surface area (Å²) in [6.07, 6.45) is 0.710. The summed E-state index contributed by atoms with van der Waals surface area (Å²) < 4.78 is 32.1. The van der Waals surface area contributed by atoms with E-state index in [4.69, 9.17) is 4.74 Å². The molecule has 7 nitrogen and oxygen atoms in total. The lowest BCUT2D eigenvalue weighted by molar-refractivity contribution is -0.143. The van der Waals surface area contributed by atoms with Crippen molar-refractivity contribution < 1.29 is 22.7 Å². The smallest absolute Gasteiger partial charge is 0.338 e. The molecule has 0 bridgehead atoms. The van der Waals surface area contributed by atoms with Crippen molar-refractivity contribution in [3.63, 3.8) is 0 Å². The lowest BCUT2D eigenvalue weighted by Gasteiger charge is -2.32. The maximum absolute atomic E-state index is 12.7. The second-order valence-corrected chi connectivity index (χ2v) is 9.56. The number of rotatable bonds is 7. The van der Waals surface area contributed by atoms with Crippen LogP contribution in [0.25, 0.3) is 0 Å². The molecule has 0 unspecified atom stereocenters. The van der Waals surface area contributed by atoms with E-state index in [1.54, 1.807) is 4.90 Å². The predicted molar refractivity (Wildman–Crippen MR) is 106 cm³/mol. The van der Waals surface area contributed by atoms with Gasteiger partial charge in [-0.1, -0.05) is 6.07 Å². The van der Waals surface area contributed by atoms with Crippen LogP contribution in [-0.4, -0.2) is 60.8 Å². The van der Waals surface area contributed by atoms with E-state index in [1.165, 1.54) is 35.5 Å². The molecule has 0 aliphatic carbocycles. The van der Waals surface area contributed by atoms with Gasteiger partial charge in [-0.15, -0.1) is 0 Å². The third kappa shape index (κ3) is 4.91. The van der Waals surface area contributed by atoms with Crippen LogP contribution in [0.3, 0.4) is 0 Å². The van der Waals surface area contributed by atoms with Crippen molar-refractivity contribution in [2.24, 2.45) is 0 Å². The summed E-state index contributed by atoms with van der Waals surface area (Å²) >= 11 is 0. The molecule has 1 aromatic carbocycles. The number of nitrogens with zero attached hydrogens (tertiary/aromatic N) is 2. The Morgan fingerprint density at radius 3 is 2.14 bits per heavy atom. The highest BCUT2D eigenvalue weighted by molar-refractivity contribution is 7.89. The normalized spacial score (nSPS) is 16.4. The van der Waals surface area contributed by atoms with Gasteiger partial charge < -0.3 is 9.64 Å². The molecule has 1 amide bonds. The van der Waals surface area contributed by atoms with Gasteiger partial charge in [0.1, 0.15) is 0 Å². The third-order valence-electron chi connectivity index (χ3n) is 4.77. The first-order chi connectivity index (χ1) is 13.1. The van der Waals surface area contributed by atoms with Gasteiger partial charge in [-0.3, -0.25) is 4.79 Å². The van der Waals surface area contributed by atoms with E-state index in [9.17, 15) is 18.0 Å². The standard InChI is InChI=1S/C20H30N2O5S/c1-14(2)22(15(3)4)19(23)16(5)27-20(24)17-9-8-10-18(13-17)28(25,26)21-11-6-7-12-21/h8-10,13-16H,6-7,11-12H2,1-5H3/t16-/m1/s1. The Hall–Kier alpha value is -1.93. The van der Waals surface area contributed by atoms with Gasteiger partial charge >= 0.3 is 5.97 Å². The lowest BCUT2D eigenvalue weighted by atomic mass is 10.2. The van der Waals surface area contributed by atoms with Crippen LogP contribution in [0, 0.1) is 0 Å². The molecule has 2 rings (SSSR count). The monoisotopic (exact) mass is 410 g/mol. The van der Waals surface area contributed by atoms with Gasteiger partial charge in [0.05, 0.1) is 10.5 Å². The van der Waals surface area contributed by atoms with E-state index in [0.29, 0.717) is 13.1 Å². The van der Waals surface area contributed by atoms with Gasteiger partial charge in [0.15, 0.2) is 6.10 Å². The molecule has 0 N–H and O–H groups in total. The average molecular weight is 411 g/mol. The van der Waals surface area contributed by atoms with Gasteiger partial charge in [-0.05, 0) is 65.7 Å². The molecule has 28 heavy (non-hydrogen) atoms. The minimum absolute atomic E-state index is 0.0254. The van der Waals surface area contributed by atoms with Gasteiger partial charge in [0.2, 0.25) is 10.0 Å².